The molecule has 0 saturated heterocycles. The van der Waals surface area contributed by atoms with Gasteiger partial charge < -0.3 is 4.52 Å². The van der Waals surface area contributed by atoms with E-state index >= 15 is 0 Å². The fourth-order valence-electron chi connectivity index (χ4n) is 0.979. The van der Waals surface area contributed by atoms with Crippen molar-refractivity contribution in [3.8, 4) is 0 Å². The molecule has 0 aliphatic rings. The van der Waals surface area contributed by atoms with Crippen molar-refractivity contribution in [3.05, 3.63) is 48.3 Å². The SMILES string of the molecule is c1ccc2scnc2c1.c1cnoc1. The number of para-hydroxylation sites is 1. The largest absolute Gasteiger partial charge is 0.365 e. The zero-order chi connectivity index (χ0) is 9.64. The molecule has 1 aromatic carbocycles. The van der Waals surface area contributed by atoms with E-state index < -0.39 is 0 Å². The van der Waals surface area contributed by atoms with Crippen LogP contribution in [-0.4, -0.2) is 10.1 Å². The summed E-state index contributed by atoms with van der Waals surface area (Å²) in [4.78, 5) is 4.14. The number of aromatic nitrogens is 2. The van der Waals surface area contributed by atoms with Crippen LogP contribution in [0, 0.1) is 0 Å². The predicted molar refractivity (Wildman–Crippen MR) is 56.1 cm³/mol. The Morgan fingerprint density at radius 2 is 2.07 bits per heavy atom. The molecule has 0 atom stereocenters. The minimum Gasteiger partial charge on any atom is -0.365 e. The number of hydrogen-bond acceptors (Lipinski definition) is 4. The molecule has 3 aromatic rings. The van der Waals surface area contributed by atoms with Gasteiger partial charge >= 0.3 is 0 Å². The van der Waals surface area contributed by atoms with Crippen LogP contribution in [0.5, 0.6) is 0 Å². The highest BCUT2D eigenvalue weighted by molar-refractivity contribution is 7.16. The topological polar surface area (TPSA) is 38.9 Å². The van der Waals surface area contributed by atoms with E-state index in [2.05, 4.69) is 20.7 Å². The van der Waals surface area contributed by atoms with Crippen molar-refractivity contribution >= 4 is 21.6 Å². The molecule has 0 bridgehead atoms. The van der Waals surface area contributed by atoms with Gasteiger partial charge in [0.05, 0.1) is 21.9 Å². The second kappa shape index (κ2) is 4.53. The molecule has 3 rings (SSSR count). The van der Waals surface area contributed by atoms with Crippen molar-refractivity contribution in [2.24, 2.45) is 0 Å². The summed E-state index contributed by atoms with van der Waals surface area (Å²) in [7, 11) is 0. The lowest BCUT2D eigenvalue weighted by Gasteiger charge is -1.80. The lowest BCUT2D eigenvalue weighted by molar-refractivity contribution is 0.420. The highest BCUT2D eigenvalue weighted by Crippen LogP contribution is 2.15. The van der Waals surface area contributed by atoms with E-state index in [9.17, 15) is 0 Å². The van der Waals surface area contributed by atoms with Crippen LogP contribution < -0.4 is 0 Å². The number of benzene rings is 1. The molecule has 0 saturated carbocycles. The molecule has 0 aliphatic heterocycles. The van der Waals surface area contributed by atoms with E-state index in [-0.39, 0.29) is 0 Å². The highest BCUT2D eigenvalue weighted by atomic mass is 32.1. The van der Waals surface area contributed by atoms with Gasteiger partial charge in [-0.25, -0.2) is 4.98 Å². The zero-order valence-electron chi connectivity index (χ0n) is 7.33. The zero-order valence-corrected chi connectivity index (χ0v) is 8.15. The van der Waals surface area contributed by atoms with Crippen LogP contribution in [0.15, 0.2) is 52.8 Å². The van der Waals surface area contributed by atoms with E-state index in [1.807, 2.05) is 23.7 Å². The molecule has 0 unspecified atom stereocenters. The Balaban J connectivity index is 0.000000128. The Labute approximate surface area is 85.0 Å². The lowest BCUT2D eigenvalue weighted by atomic mass is 10.3. The number of nitrogens with zero attached hydrogens (tertiary/aromatic N) is 2. The number of thiazole rings is 1. The first-order chi connectivity index (χ1) is 6.97. The summed E-state index contributed by atoms with van der Waals surface area (Å²) >= 11 is 1.68. The Morgan fingerprint density at radius 3 is 2.71 bits per heavy atom. The van der Waals surface area contributed by atoms with Crippen LogP contribution in [0.4, 0.5) is 0 Å². The van der Waals surface area contributed by atoms with E-state index in [1.165, 1.54) is 11.0 Å². The molecule has 4 heteroatoms. The summed E-state index contributed by atoms with van der Waals surface area (Å²) in [5, 5.41) is 3.35. The summed E-state index contributed by atoms with van der Waals surface area (Å²) in [6.07, 6.45) is 3.10. The molecule has 3 nitrogen and oxygen atoms in total. The van der Waals surface area contributed by atoms with Crippen molar-refractivity contribution in [1.82, 2.24) is 10.1 Å². The molecule has 0 spiro atoms. The molecule has 2 aromatic heterocycles. The Bertz CT molecular complexity index is 428. The van der Waals surface area contributed by atoms with E-state index in [4.69, 9.17) is 0 Å². The summed E-state index contributed by atoms with van der Waals surface area (Å²) in [5.41, 5.74) is 2.97. The summed E-state index contributed by atoms with van der Waals surface area (Å²) < 4.78 is 5.59. The van der Waals surface area contributed by atoms with Gasteiger partial charge in [0.25, 0.3) is 0 Å². The molecule has 0 amide bonds. The average Bonchev–Trinajstić information content (AvgIpc) is 2.92. The van der Waals surface area contributed by atoms with Crippen molar-refractivity contribution in [3.63, 3.8) is 0 Å². The maximum Gasteiger partial charge on any atom is 0.123 e. The van der Waals surface area contributed by atoms with Gasteiger partial charge in [0.2, 0.25) is 0 Å². The van der Waals surface area contributed by atoms with Gasteiger partial charge in [-0.15, -0.1) is 11.3 Å². The molecule has 0 aliphatic carbocycles. The van der Waals surface area contributed by atoms with Crippen LogP contribution in [0.3, 0.4) is 0 Å². The number of fused-ring (bicyclic) bond motifs is 1. The fourth-order valence-corrected chi connectivity index (χ4v) is 1.66. The van der Waals surface area contributed by atoms with Crippen molar-refractivity contribution in [1.29, 1.82) is 0 Å². The van der Waals surface area contributed by atoms with Crippen molar-refractivity contribution in [2.75, 3.05) is 0 Å². The minimum absolute atomic E-state index is 1.10. The van der Waals surface area contributed by atoms with E-state index in [0.29, 0.717) is 0 Å². The van der Waals surface area contributed by atoms with Crippen LogP contribution >= 0.6 is 11.3 Å². The Morgan fingerprint density at radius 1 is 1.14 bits per heavy atom. The Hall–Kier alpha value is -1.68. The van der Waals surface area contributed by atoms with E-state index in [1.54, 1.807) is 23.6 Å². The maximum atomic E-state index is 4.33. The lowest BCUT2D eigenvalue weighted by Crippen LogP contribution is -1.61. The van der Waals surface area contributed by atoms with Gasteiger partial charge in [-0.05, 0) is 18.2 Å². The molecular weight excluding hydrogens is 196 g/mol. The first kappa shape index (κ1) is 8.90. The third kappa shape index (κ3) is 2.17. The molecule has 2 heterocycles. The van der Waals surface area contributed by atoms with Crippen molar-refractivity contribution in [2.45, 2.75) is 0 Å². The minimum atomic E-state index is 1.10. The smallest absolute Gasteiger partial charge is 0.123 e. The average molecular weight is 204 g/mol. The monoisotopic (exact) mass is 204 g/mol. The Kier molecular flexibility index (Phi) is 2.88. The molecular formula is C10H8N2OS. The highest BCUT2D eigenvalue weighted by Gasteiger charge is 1.89. The van der Waals surface area contributed by atoms with Gasteiger partial charge in [0, 0.05) is 0 Å². The third-order valence-electron chi connectivity index (χ3n) is 1.58. The fraction of sp³-hybridized carbons (Fsp3) is 0. The first-order valence-electron chi connectivity index (χ1n) is 4.09. The van der Waals surface area contributed by atoms with Gasteiger partial charge in [-0.3, -0.25) is 0 Å². The van der Waals surface area contributed by atoms with Gasteiger partial charge in [-0.1, -0.05) is 17.3 Å². The third-order valence-corrected chi connectivity index (χ3v) is 2.39. The number of hydrogen-bond donors (Lipinski definition) is 0. The van der Waals surface area contributed by atoms with Crippen LogP contribution in [0.25, 0.3) is 10.2 Å². The second-order valence-corrected chi connectivity index (χ2v) is 3.39. The van der Waals surface area contributed by atoms with Crippen LogP contribution in [-0.2, 0) is 0 Å². The summed E-state index contributed by atoms with van der Waals surface area (Å²) in [6.45, 7) is 0. The first-order valence-corrected chi connectivity index (χ1v) is 4.97. The van der Waals surface area contributed by atoms with Gasteiger partial charge in [0.1, 0.15) is 6.26 Å². The quantitative estimate of drug-likeness (QED) is 0.565. The normalized spacial score (nSPS) is 9.43. The van der Waals surface area contributed by atoms with Crippen LogP contribution in [0.1, 0.15) is 0 Å². The molecule has 0 fully saturated rings. The molecule has 0 radical (unpaired) electrons. The molecule has 0 N–H and O–H groups in total. The molecule has 70 valence electrons. The maximum absolute atomic E-state index is 4.33. The number of rotatable bonds is 0. The standard InChI is InChI=1S/C7H5NS.C3H3NO/c1-2-4-7-6(3-1)8-5-9-7;1-2-4-5-3-1/h1-5H;1-3H. The van der Waals surface area contributed by atoms with Crippen LogP contribution in [0.2, 0.25) is 0 Å². The summed E-state index contributed by atoms with van der Waals surface area (Å²) in [6, 6.07) is 9.85. The predicted octanol–water partition coefficient (Wildman–Crippen LogP) is 2.97. The summed E-state index contributed by atoms with van der Waals surface area (Å²) in [5.74, 6) is 0. The van der Waals surface area contributed by atoms with Crippen molar-refractivity contribution < 1.29 is 4.52 Å². The molecule has 14 heavy (non-hydrogen) atoms. The second-order valence-electron chi connectivity index (χ2n) is 2.51. The van der Waals surface area contributed by atoms with Gasteiger partial charge in [0.15, 0.2) is 0 Å². The van der Waals surface area contributed by atoms with Gasteiger partial charge in [-0.2, -0.15) is 0 Å². The van der Waals surface area contributed by atoms with E-state index in [0.717, 1.165) is 5.52 Å².